The van der Waals surface area contributed by atoms with Gasteiger partial charge in [0.2, 0.25) is 21.8 Å². The second-order valence-corrected chi connectivity index (χ2v) is 11.7. The van der Waals surface area contributed by atoms with Gasteiger partial charge in [0.25, 0.3) is 0 Å². The molecule has 0 fully saturated rings. The Morgan fingerprint density at radius 1 is 1.03 bits per heavy atom. The van der Waals surface area contributed by atoms with Crippen LogP contribution in [0.15, 0.2) is 42.5 Å². The Balaban J connectivity index is 2.51. The zero-order chi connectivity index (χ0) is 26.6. The standard InChI is InChI=1S/C26H36FN3O4S/c1-8-22(25(32)28-26(4,5)6)29(16-20-12-14-21(27)15-13-20)23(31)17-30(35(7,33)34)24-18(2)10-9-11-19(24)3/h9-15,22H,8,16-17H2,1-7H3,(H,28,32). The number of carbonyl (C=O) groups excluding carboxylic acids is 2. The van der Waals surface area contributed by atoms with Crippen molar-refractivity contribution in [3.05, 3.63) is 65.0 Å². The van der Waals surface area contributed by atoms with Crippen LogP contribution in [0.25, 0.3) is 0 Å². The molecule has 0 aliphatic rings. The number of hydrogen-bond acceptors (Lipinski definition) is 4. The number of hydrogen-bond donors (Lipinski definition) is 1. The number of amides is 2. The first-order chi connectivity index (χ1) is 16.1. The summed E-state index contributed by atoms with van der Waals surface area (Å²) in [6.07, 6.45) is 1.37. The Hall–Kier alpha value is -2.94. The van der Waals surface area contributed by atoms with Crippen molar-refractivity contribution >= 4 is 27.5 Å². The summed E-state index contributed by atoms with van der Waals surface area (Å²) in [4.78, 5) is 28.2. The monoisotopic (exact) mass is 505 g/mol. The summed E-state index contributed by atoms with van der Waals surface area (Å²) in [6, 6.07) is 10.2. The smallest absolute Gasteiger partial charge is 0.244 e. The molecule has 0 aromatic heterocycles. The highest BCUT2D eigenvalue weighted by atomic mass is 32.2. The van der Waals surface area contributed by atoms with Gasteiger partial charge in [0.15, 0.2) is 0 Å². The van der Waals surface area contributed by atoms with Crippen LogP contribution in [0.2, 0.25) is 0 Å². The van der Waals surface area contributed by atoms with Gasteiger partial charge in [-0.1, -0.05) is 37.3 Å². The summed E-state index contributed by atoms with van der Waals surface area (Å²) in [5.74, 6) is -1.28. The van der Waals surface area contributed by atoms with Gasteiger partial charge in [-0.3, -0.25) is 13.9 Å². The third-order valence-corrected chi connectivity index (χ3v) is 6.63. The Bertz CT molecular complexity index is 1140. The normalized spacial score (nSPS) is 12.7. The summed E-state index contributed by atoms with van der Waals surface area (Å²) in [6.45, 7) is 10.4. The van der Waals surface area contributed by atoms with E-state index in [4.69, 9.17) is 0 Å². The van der Waals surface area contributed by atoms with Crippen LogP contribution in [-0.4, -0.2) is 49.5 Å². The zero-order valence-corrected chi connectivity index (χ0v) is 22.4. The number of rotatable bonds is 9. The van der Waals surface area contributed by atoms with Gasteiger partial charge in [-0.2, -0.15) is 0 Å². The Morgan fingerprint density at radius 3 is 2.03 bits per heavy atom. The highest BCUT2D eigenvalue weighted by molar-refractivity contribution is 7.92. The van der Waals surface area contributed by atoms with E-state index in [1.54, 1.807) is 45.0 Å². The average Bonchev–Trinajstić information content (AvgIpc) is 2.72. The van der Waals surface area contributed by atoms with Gasteiger partial charge in [0.05, 0.1) is 11.9 Å². The lowest BCUT2D eigenvalue weighted by molar-refractivity contribution is -0.141. The number of sulfonamides is 1. The topological polar surface area (TPSA) is 86.8 Å². The van der Waals surface area contributed by atoms with Gasteiger partial charge < -0.3 is 10.2 Å². The van der Waals surface area contributed by atoms with E-state index in [9.17, 15) is 22.4 Å². The second kappa shape index (κ2) is 11.2. The molecular weight excluding hydrogens is 469 g/mol. The average molecular weight is 506 g/mol. The van der Waals surface area contributed by atoms with E-state index in [1.807, 2.05) is 26.8 Å². The molecule has 0 spiro atoms. The first kappa shape index (κ1) is 28.3. The molecule has 0 heterocycles. The van der Waals surface area contributed by atoms with Gasteiger partial charge in [-0.05, 0) is 69.9 Å². The lowest BCUT2D eigenvalue weighted by atomic mass is 10.1. The first-order valence-corrected chi connectivity index (χ1v) is 13.4. The minimum Gasteiger partial charge on any atom is -0.350 e. The van der Waals surface area contributed by atoms with Crippen molar-refractivity contribution in [1.82, 2.24) is 10.2 Å². The van der Waals surface area contributed by atoms with E-state index < -0.39 is 39.9 Å². The SMILES string of the molecule is CCC(C(=O)NC(C)(C)C)N(Cc1ccc(F)cc1)C(=O)CN(c1c(C)cccc1C)S(C)(=O)=O. The Kier molecular flexibility index (Phi) is 9.06. The van der Waals surface area contributed by atoms with Crippen LogP contribution < -0.4 is 9.62 Å². The van der Waals surface area contributed by atoms with E-state index in [0.717, 1.165) is 10.6 Å². The second-order valence-electron chi connectivity index (χ2n) is 9.82. The van der Waals surface area contributed by atoms with Crippen molar-refractivity contribution in [2.24, 2.45) is 0 Å². The lowest BCUT2D eigenvalue weighted by Crippen LogP contribution is -2.55. The number of aryl methyl sites for hydroxylation is 2. The van der Waals surface area contributed by atoms with Gasteiger partial charge in [0.1, 0.15) is 18.4 Å². The minimum absolute atomic E-state index is 0.0273. The Labute approximate surface area is 208 Å². The molecule has 2 aromatic carbocycles. The molecule has 2 amide bonds. The largest absolute Gasteiger partial charge is 0.350 e. The number of para-hydroxylation sites is 1. The highest BCUT2D eigenvalue weighted by Crippen LogP contribution is 2.27. The molecule has 0 bridgehead atoms. The molecule has 1 unspecified atom stereocenters. The summed E-state index contributed by atoms with van der Waals surface area (Å²) < 4.78 is 40.1. The molecule has 1 N–H and O–H groups in total. The van der Waals surface area contributed by atoms with E-state index in [1.165, 1.54) is 17.0 Å². The van der Waals surface area contributed by atoms with Crippen molar-refractivity contribution in [3.8, 4) is 0 Å². The Morgan fingerprint density at radius 2 is 1.57 bits per heavy atom. The van der Waals surface area contributed by atoms with E-state index >= 15 is 0 Å². The molecule has 7 nitrogen and oxygen atoms in total. The van der Waals surface area contributed by atoms with Gasteiger partial charge in [0, 0.05) is 12.1 Å². The maximum absolute atomic E-state index is 13.7. The minimum atomic E-state index is -3.82. The quantitative estimate of drug-likeness (QED) is 0.560. The summed E-state index contributed by atoms with van der Waals surface area (Å²) in [7, 11) is -3.82. The van der Waals surface area contributed by atoms with Gasteiger partial charge in [-0.15, -0.1) is 0 Å². The predicted molar refractivity (Wildman–Crippen MR) is 137 cm³/mol. The molecule has 2 aromatic rings. The summed E-state index contributed by atoms with van der Waals surface area (Å²) in [5, 5.41) is 2.91. The fourth-order valence-corrected chi connectivity index (χ4v) is 4.90. The highest BCUT2D eigenvalue weighted by Gasteiger charge is 2.33. The molecule has 9 heteroatoms. The lowest BCUT2D eigenvalue weighted by Gasteiger charge is -2.35. The molecule has 192 valence electrons. The van der Waals surface area contributed by atoms with Crippen LogP contribution in [-0.2, 0) is 26.2 Å². The van der Waals surface area contributed by atoms with Crippen LogP contribution in [0.1, 0.15) is 50.8 Å². The number of nitrogens with zero attached hydrogens (tertiary/aromatic N) is 2. The maximum Gasteiger partial charge on any atom is 0.244 e. The zero-order valence-electron chi connectivity index (χ0n) is 21.6. The first-order valence-electron chi connectivity index (χ1n) is 11.5. The van der Waals surface area contributed by atoms with Crippen molar-refractivity contribution in [2.45, 2.75) is 66.1 Å². The van der Waals surface area contributed by atoms with Crippen molar-refractivity contribution in [1.29, 1.82) is 0 Å². The predicted octanol–water partition coefficient (Wildman–Crippen LogP) is 3.93. The summed E-state index contributed by atoms with van der Waals surface area (Å²) >= 11 is 0. The fraction of sp³-hybridized carbons (Fsp3) is 0.462. The number of carbonyl (C=O) groups is 2. The fourth-order valence-electron chi connectivity index (χ4n) is 3.93. The molecule has 35 heavy (non-hydrogen) atoms. The molecule has 0 saturated heterocycles. The van der Waals surface area contributed by atoms with Crippen LogP contribution in [0, 0.1) is 19.7 Å². The van der Waals surface area contributed by atoms with Crippen LogP contribution in [0.3, 0.4) is 0 Å². The van der Waals surface area contributed by atoms with Gasteiger partial charge >= 0.3 is 0 Å². The molecule has 0 aliphatic carbocycles. The molecule has 1 atom stereocenters. The number of benzene rings is 2. The number of halogens is 1. The molecular formula is C26H36FN3O4S. The van der Waals surface area contributed by atoms with E-state index in [-0.39, 0.29) is 12.5 Å². The third kappa shape index (κ3) is 7.78. The molecule has 0 aliphatic heterocycles. The van der Waals surface area contributed by atoms with Crippen molar-refractivity contribution in [2.75, 3.05) is 17.1 Å². The molecule has 0 radical (unpaired) electrons. The third-order valence-electron chi connectivity index (χ3n) is 5.52. The van der Waals surface area contributed by atoms with Crippen LogP contribution in [0.5, 0.6) is 0 Å². The number of nitrogens with one attached hydrogen (secondary N) is 1. The summed E-state index contributed by atoms with van der Waals surface area (Å²) in [5.41, 5.74) is 1.97. The van der Waals surface area contributed by atoms with E-state index in [2.05, 4.69) is 5.32 Å². The van der Waals surface area contributed by atoms with Crippen molar-refractivity contribution in [3.63, 3.8) is 0 Å². The van der Waals surface area contributed by atoms with Gasteiger partial charge in [-0.25, -0.2) is 12.8 Å². The van der Waals surface area contributed by atoms with E-state index in [0.29, 0.717) is 28.8 Å². The molecule has 0 saturated carbocycles. The molecule has 2 rings (SSSR count). The number of anilines is 1. The van der Waals surface area contributed by atoms with Crippen LogP contribution >= 0.6 is 0 Å². The maximum atomic E-state index is 13.7. The van der Waals surface area contributed by atoms with Crippen molar-refractivity contribution < 1.29 is 22.4 Å². The van der Waals surface area contributed by atoms with Crippen LogP contribution in [0.4, 0.5) is 10.1 Å².